The van der Waals surface area contributed by atoms with Gasteiger partial charge in [-0.3, -0.25) is 39.6 Å². The number of carbonyl (C=O) groups excluding carboxylic acids is 5. The molecule has 2 aliphatic rings. The number of amides is 5. The third-order valence-corrected chi connectivity index (χ3v) is 8.38. The molecule has 3 aromatic carbocycles. The van der Waals surface area contributed by atoms with Crippen LogP contribution >= 0.6 is 11.3 Å². The summed E-state index contributed by atoms with van der Waals surface area (Å²) < 4.78 is 0. The van der Waals surface area contributed by atoms with Gasteiger partial charge in [0.2, 0.25) is 16.9 Å². The minimum Gasteiger partial charge on any atom is -0.383 e. The molecular formula is C33H29N7O5S. The van der Waals surface area contributed by atoms with Crippen LogP contribution in [0.5, 0.6) is 0 Å². The minimum absolute atomic E-state index is 0.0433. The van der Waals surface area contributed by atoms with E-state index >= 15 is 0 Å². The second-order valence-corrected chi connectivity index (χ2v) is 11.5. The number of hydrogen-bond donors (Lipinski definition) is 4. The van der Waals surface area contributed by atoms with E-state index in [1.807, 2.05) is 35.7 Å². The van der Waals surface area contributed by atoms with Gasteiger partial charge in [0, 0.05) is 36.1 Å². The zero-order valence-corrected chi connectivity index (χ0v) is 25.5. The molecule has 1 unspecified atom stereocenters. The van der Waals surface area contributed by atoms with Crippen LogP contribution < -0.4 is 21.4 Å². The average molecular weight is 636 g/mol. The van der Waals surface area contributed by atoms with Crippen molar-refractivity contribution in [3.8, 4) is 22.4 Å². The van der Waals surface area contributed by atoms with Gasteiger partial charge in [-0.15, -0.1) is 11.3 Å². The maximum absolute atomic E-state index is 13.2. The highest BCUT2D eigenvalue weighted by Crippen LogP contribution is 2.32. The van der Waals surface area contributed by atoms with Crippen LogP contribution in [0.25, 0.3) is 22.4 Å². The van der Waals surface area contributed by atoms with Crippen LogP contribution in [0.3, 0.4) is 0 Å². The fourth-order valence-corrected chi connectivity index (χ4v) is 5.93. The van der Waals surface area contributed by atoms with Gasteiger partial charge in [-0.1, -0.05) is 60.7 Å². The maximum Gasteiger partial charge on any atom is 0.267 e. The van der Waals surface area contributed by atoms with Gasteiger partial charge >= 0.3 is 0 Å². The maximum atomic E-state index is 13.2. The van der Waals surface area contributed by atoms with E-state index in [4.69, 9.17) is 0 Å². The molecule has 6 rings (SSSR count). The molecule has 1 aromatic heterocycles. The Labute approximate surface area is 267 Å². The van der Waals surface area contributed by atoms with E-state index in [0.29, 0.717) is 10.8 Å². The summed E-state index contributed by atoms with van der Waals surface area (Å²) in [5, 5.41) is 14.7. The lowest BCUT2D eigenvalue weighted by atomic mass is 10.0. The largest absolute Gasteiger partial charge is 0.383 e. The Morgan fingerprint density at radius 1 is 0.935 bits per heavy atom. The molecule has 0 bridgehead atoms. The summed E-state index contributed by atoms with van der Waals surface area (Å²) in [5.41, 5.74) is 7.79. The molecule has 0 aliphatic carbocycles. The molecule has 3 heterocycles. The van der Waals surface area contributed by atoms with Gasteiger partial charge in [0.15, 0.2) is 0 Å². The summed E-state index contributed by atoms with van der Waals surface area (Å²) in [6.07, 6.45) is 0.120. The number of aromatic nitrogens is 1. The summed E-state index contributed by atoms with van der Waals surface area (Å²) in [6, 6.07) is 22.0. The molecule has 0 spiro atoms. The Bertz CT molecular complexity index is 1870. The van der Waals surface area contributed by atoms with Crippen molar-refractivity contribution in [3.63, 3.8) is 0 Å². The number of carbonyl (C=O) groups is 5. The second kappa shape index (κ2) is 13.1. The van der Waals surface area contributed by atoms with Crippen molar-refractivity contribution < 1.29 is 24.0 Å². The lowest BCUT2D eigenvalue weighted by Gasteiger charge is -2.27. The van der Waals surface area contributed by atoms with Crippen LogP contribution in [-0.2, 0) is 14.4 Å². The van der Waals surface area contributed by atoms with Crippen molar-refractivity contribution in [1.29, 1.82) is 0 Å². The van der Waals surface area contributed by atoms with Crippen molar-refractivity contribution in [3.05, 3.63) is 89.3 Å². The summed E-state index contributed by atoms with van der Waals surface area (Å²) >= 11 is 1.37. The minimum atomic E-state index is -1.05. The molecule has 1 saturated heterocycles. The van der Waals surface area contributed by atoms with Crippen molar-refractivity contribution >= 4 is 57.4 Å². The predicted octanol–water partition coefficient (Wildman–Crippen LogP) is 3.89. The van der Waals surface area contributed by atoms with E-state index in [-0.39, 0.29) is 42.8 Å². The van der Waals surface area contributed by atoms with E-state index < -0.39 is 35.6 Å². The molecule has 4 N–H and O–H groups in total. The molecule has 4 aromatic rings. The first-order chi connectivity index (χ1) is 22.3. The van der Waals surface area contributed by atoms with Crippen LogP contribution in [-0.4, -0.2) is 64.3 Å². The number of imide groups is 2. The van der Waals surface area contributed by atoms with Crippen LogP contribution in [0.1, 0.15) is 40.5 Å². The number of hydrogen-bond acceptors (Lipinski definition) is 10. The third kappa shape index (κ3) is 6.26. The highest BCUT2D eigenvalue weighted by molar-refractivity contribution is 7.14. The molecule has 2 aliphatic heterocycles. The molecule has 5 amide bonds. The SMILES string of the molecule is C/C(=N\Nc1nc(-c2ccc(-c3ccccc3)cc2)cs1)C(=O)NCCNc1cccc2c1C(=O)N(C1CCC(=O)NC1=O)C2=O. The van der Waals surface area contributed by atoms with Gasteiger partial charge in [-0.25, -0.2) is 4.98 Å². The van der Waals surface area contributed by atoms with E-state index in [1.54, 1.807) is 19.1 Å². The molecule has 232 valence electrons. The Morgan fingerprint density at radius 3 is 2.43 bits per heavy atom. The second-order valence-electron chi connectivity index (χ2n) is 10.6. The number of anilines is 2. The summed E-state index contributed by atoms with van der Waals surface area (Å²) in [4.78, 5) is 68.2. The number of thiazole rings is 1. The van der Waals surface area contributed by atoms with E-state index in [0.717, 1.165) is 27.3 Å². The molecular weight excluding hydrogens is 606 g/mol. The van der Waals surface area contributed by atoms with Crippen LogP contribution in [0.4, 0.5) is 10.8 Å². The van der Waals surface area contributed by atoms with Crippen LogP contribution in [0.2, 0.25) is 0 Å². The Balaban J connectivity index is 1.00. The topological polar surface area (TPSA) is 162 Å². The molecule has 1 fully saturated rings. The Kier molecular flexibility index (Phi) is 8.65. The van der Waals surface area contributed by atoms with Crippen molar-refractivity contribution in [2.24, 2.45) is 5.10 Å². The standard InChI is InChI=1S/C33H29N7O5S/c1-19(38-39-33-36-25(18-46-33)22-12-10-21(11-13-22)20-6-3-2-4-7-20)29(42)35-17-16-34-24-9-5-8-23-28(24)32(45)40(31(23)44)26-14-15-27(41)37-30(26)43/h2-13,18,26,34H,14-17H2,1H3,(H,35,42)(H,36,39)(H,37,41,43)/b38-19+. The van der Waals surface area contributed by atoms with E-state index in [2.05, 4.69) is 55.7 Å². The van der Waals surface area contributed by atoms with Gasteiger partial charge in [0.25, 0.3) is 17.7 Å². The number of nitrogens with one attached hydrogen (secondary N) is 4. The summed E-state index contributed by atoms with van der Waals surface area (Å²) in [5.74, 6) is -2.68. The Hall–Kier alpha value is -5.69. The number of benzene rings is 3. The monoisotopic (exact) mass is 635 g/mol. The van der Waals surface area contributed by atoms with Crippen molar-refractivity contribution in [2.75, 3.05) is 23.8 Å². The average Bonchev–Trinajstić information content (AvgIpc) is 3.65. The first-order valence-corrected chi connectivity index (χ1v) is 15.5. The highest BCUT2D eigenvalue weighted by atomic mass is 32.1. The number of hydrazone groups is 1. The third-order valence-electron chi connectivity index (χ3n) is 7.63. The lowest BCUT2D eigenvalue weighted by Crippen LogP contribution is -2.54. The lowest BCUT2D eigenvalue weighted by molar-refractivity contribution is -0.136. The fourth-order valence-electron chi connectivity index (χ4n) is 5.27. The van der Waals surface area contributed by atoms with Gasteiger partial charge in [0.05, 0.1) is 16.8 Å². The molecule has 12 nitrogen and oxygen atoms in total. The van der Waals surface area contributed by atoms with Crippen LogP contribution in [0.15, 0.2) is 83.3 Å². The summed E-state index contributed by atoms with van der Waals surface area (Å²) in [7, 11) is 0. The number of rotatable bonds is 10. The first-order valence-electron chi connectivity index (χ1n) is 14.6. The predicted molar refractivity (Wildman–Crippen MR) is 174 cm³/mol. The molecule has 0 saturated carbocycles. The number of fused-ring (bicyclic) bond motifs is 1. The normalized spacial score (nSPS) is 16.2. The smallest absolute Gasteiger partial charge is 0.267 e. The molecule has 13 heteroatoms. The van der Waals surface area contributed by atoms with Gasteiger partial charge in [-0.05, 0) is 36.6 Å². The molecule has 1 atom stereocenters. The molecule has 46 heavy (non-hydrogen) atoms. The van der Waals surface area contributed by atoms with Gasteiger partial charge in [-0.2, -0.15) is 5.10 Å². The zero-order valence-electron chi connectivity index (χ0n) is 24.7. The molecule has 0 radical (unpaired) electrons. The van der Waals surface area contributed by atoms with Gasteiger partial charge in [0.1, 0.15) is 11.8 Å². The van der Waals surface area contributed by atoms with Crippen molar-refractivity contribution in [1.82, 2.24) is 20.5 Å². The first kappa shape index (κ1) is 30.3. The van der Waals surface area contributed by atoms with E-state index in [1.165, 1.54) is 17.4 Å². The summed E-state index contributed by atoms with van der Waals surface area (Å²) in [6.45, 7) is 2.03. The van der Waals surface area contributed by atoms with Crippen molar-refractivity contribution in [2.45, 2.75) is 25.8 Å². The highest BCUT2D eigenvalue weighted by Gasteiger charge is 2.45. The number of nitrogens with zero attached hydrogens (tertiary/aromatic N) is 3. The quantitative estimate of drug-likeness (QED) is 0.0883. The van der Waals surface area contributed by atoms with E-state index in [9.17, 15) is 24.0 Å². The van der Waals surface area contributed by atoms with Crippen LogP contribution in [0, 0.1) is 0 Å². The zero-order chi connectivity index (χ0) is 32.2. The van der Waals surface area contributed by atoms with Gasteiger partial charge < -0.3 is 10.6 Å². The Morgan fingerprint density at radius 2 is 1.67 bits per heavy atom. The fraction of sp³-hybridized carbons (Fsp3) is 0.182. The number of piperidine rings is 1.